The fraction of sp³-hybridized carbons (Fsp3) is 0. The molecule has 2 amide bonds. The fourth-order valence-corrected chi connectivity index (χ4v) is 0.809. The maximum atomic E-state index is 10.9. The van der Waals surface area contributed by atoms with E-state index in [4.69, 9.17) is 11.5 Å². The molecule has 5 N–H and O–H groups in total. The molecule has 13 heavy (non-hydrogen) atoms. The molecule has 1 aromatic heterocycles. The Balaban J connectivity index is 3.35. The van der Waals surface area contributed by atoms with Crippen LogP contribution in [0.1, 0.15) is 20.7 Å². The van der Waals surface area contributed by atoms with Crippen LogP contribution in [0.5, 0.6) is 0 Å². The number of H-pyrrole nitrogens is 1. The van der Waals surface area contributed by atoms with Crippen molar-refractivity contribution in [2.75, 3.05) is 0 Å². The predicted molar refractivity (Wildman–Crippen MR) is 44.1 cm³/mol. The number of rotatable bonds is 2. The Labute approximate surface area is 72.5 Å². The van der Waals surface area contributed by atoms with Crippen molar-refractivity contribution in [2.24, 2.45) is 11.5 Å². The van der Waals surface area contributed by atoms with E-state index in [-0.39, 0.29) is 11.1 Å². The quantitative estimate of drug-likeness (QED) is 0.518. The van der Waals surface area contributed by atoms with Crippen LogP contribution in [-0.4, -0.2) is 16.8 Å². The highest BCUT2D eigenvalue weighted by atomic mass is 16.2. The van der Waals surface area contributed by atoms with Crippen LogP contribution in [0.3, 0.4) is 0 Å². The Hall–Kier alpha value is -2.11. The number of hydrogen-bond acceptors (Lipinski definition) is 3. The average molecular weight is 181 g/mol. The van der Waals surface area contributed by atoms with Crippen LogP contribution in [0.2, 0.25) is 0 Å². The molecule has 6 nitrogen and oxygen atoms in total. The molecule has 0 saturated carbocycles. The molecule has 68 valence electrons. The minimum absolute atomic E-state index is 0.0356. The number of nitrogens with one attached hydrogen (secondary N) is 1. The molecule has 0 bridgehead atoms. The smallest absolute Gasteiger partial charge is 0.260 e. The fourth-order valence-electron chi connectivity index (χ4n) is 0.809. The van der Waals surface area contributed by atoms with Gasteiger partial charge in [-0.15, -0.1) is 0 Å². The molecular weight excluding hydrogens is 174 g/mol. The lowest BCUT2D eigenvalue weighted by atomic mass is 10.2. The average Bonchev–Trinajstić information content (AvgIpc) is 2.04. The number of pyridine rings is 1. The molecule has 0 unspecified atom stereocenters. The zero-order valence-corrected chi connectivity index (χ0v) is 6.53. The van der Waals surface area contributed by atoms with E-state index < -0.39 is 17.4 Å². The summed E-state index contributed by atoms with van der Waals surface area (Å²) in [4.78, 5) is 34.4. The van der Waals surface area contributed by atoms with Gasteiger partial charge >= 0.3 is 0 Å². The number of nitrogens with two attached hydrogens (primary N) is 2. The Kier molecular flexibility index (Phi) is 2.14. The summed E-state index contributed by atoms with van der Waals surface area (Å²) < 4.78 is 0. The Morgan fingerprint density at radius 1 is 1.23 bits per heavy atom. The third-order valence-corrected chi connectivity index (χ3v) is 1.45. The third-order valence-electron chi connectivity index (χ3n) is 1.45. The first-order valence-electron chi connectivity index (χ1n) is 3.34. The molecule has 0 atom stereocenters. The molecule has 1 heterocycles. The molecule has 0 aromatic carbocycles. The van der Waals surface area contributed by atoms with Crippen molar-refractivity contribution in [1.29, 1.82) is 0 Å². The molecule has 1 rings (SSSR count). The van der Waals surface area contributed by atoms with Crippen molar-refractivity contribution in [3.63, 3.8) is 0 Å². The molecular formula is C7H7N3O3. The van der Waals surface area contributed by atoms with Gasteiger partial charge in [-0.1, -0.05) is 0 Å². The van der Waals surface area contributed by atoms with Crippen molar-refractivity contribution in [3.8, 4) is 0 Å². The molecule has 0 saturated heterocycles. The molecule has 6 heteroatoms. The highest BCUT2D eigenvalue weighted by Gasteiger charge is 2.09. The second kappa shape index (κ2) is 3.10. The Morgan fingerprint density at radius 2 is 1.85 bits per heavy atom. The topological polar surface area (TPSA) is 119 Å². The SMILES string of the molecule is NC(=O)c1c[nH]c(=O)c(C(N)=O)c1. The molecule has 0 radical (unpaired) electrons. The molecule has 0 aliphatic heterocycles. The minimum Gasteiger partial charge on any atom is -0.366 e. The molecule has 0 aliphatic rings. The van der Waals surface area contributed by atoms with Crippen molar-refractivity contribution in [1.82, 2.24) is 4.98 Å². The van der Waals surface area contributed by atoms with Crippen LogP contribution < -0.4 is 17.0 Å². The summed E-state index contributed by atoms with van der Waals surface area (Å²) >= 11 is 0. The van der Waals surface area contributed by atoms with Crippen LogP contribution in [-0.2, 0) is 0 Å². The molecule has 0 aliphatic carbocycles. The summed E-state index contributed by atoms with van der Waals surface area (Å²) in [6.45, 7) is 0. The second-order valence-electron chi connectivity index (χ2n) is 2.36. The van der Waals surface area contributed by atoms with Crippen LogP contribution >= 0.6 is 0 Å². The normalized spacial score (nSPS) is 9.54. The summed E-state index contributed by atoms with van der Waals surface area (Å²) in [5, 5.41) is 0. The first-order chi connectivity index (χ1) is 6.02. The van der Waals surface area contributed by atoms with E-state index in [0.717, 1.165) is 12.3 Å². The van der Waals surface area contributed by atoms with Gasteiger partial charge in [-0.05, 0) is 6.07 Å². The minimum atomic E-state index is -0.899. The number of carbonyl (C=O) groups excluding carboxylic acids is 2. The highest BCUT2D eigenvalue weighted by Crippen LogP contribution is 1.96. The molecule has 0 fully saturated rings. The first-order valence-corrected chi connectivity index (χ1v) is 3.34. The number of amides is 2. The van der Waals surface area contributed by atoms with Gasteiger partial charge in [0.2, 0.25) is 5.91 Å². The van der Waals surface area contributed by atoms with Gasteiger partial charge in [0.15, 0.2) is 0 Å². The van der Waals surface area contributed by atoms with E-state index >= 15 is 0 Å². The number of hydrogen-bond donors (Lipinski definition) is 3. The van der Waals surface area contributed by atoms with Gasteiger partial charge in [-0.25, -0.2) is 0 Å². The second-order valence-corrected chi connectivity index (χ2v) is 2.36. The lowest BCUT2D eigenvalue weighted by Crippen LogP contribution is -2.25. The Bertz CT molecular complexity index is 421. The van der Waals surface area contributed by atoms with Crippen molar-refractivity contribution in [3.05, 3.63) is 33.7 Å². The predicted octanol–water partition coefficient (Wildman–Crippen LogP) is -1.43. The molecule has 0 spiro atoms. The van der Waals surface area contributed by atoms with Gasteiger partial charge in [0.05, 0.1) is 5.56 Å². The van der Waals surface area contributed by atoms with Gasteiger partial charge < -0.3 is 16.5 Å². The van der Waals surface area contributed by atoms with E-state index in [0.29, 0.717) is 0 Å². The lowest BCUT2D eigenvalue weighted by molar-refractivity contribution is 0.0998. The summed E-state index contributed by atoms with van der Waals surface area (Å²) in [7, 11) is 0. The number of carbonyl (C=O) groups is 2. The van der Waals surface area contributed by atoms with Gasteiger partial charge in [0.1, 0.15) is 5.56 Å². The van der Waals surface area contributed by atoms with Gasteiger partial charge in [0.25, 0.3) is 11.5 Å². The maximum absolute atomic E-state index is 10.9. The lowest BCUT2D eigenvalue weighted by Gasteiger charge is -1.96. The van der Waals surface area contributed by atoms with Gasteiger partial charge in [-0.2, -0.15) is 0 Å². The third kappa shape index (κ3) is 1.73. The van der Waals surface area contributed by atoms with E-state index in [1.54, 1.807) is 0 Å². The van der Waals surface area contributed by atoms with Crippen LogP contribution in [0, 0.1) is 0 Å². The summed E-state index contributed by atoms with van der Waals surface area (Å²) in [6.07, 6.45) is 1.12. The maximum Gasteiger partial charge on any atom is 0.260 e. The largest absolute Gasteiger partial charge is 0.366 e. The van der Waals surface area contributed by atoms with E-state index in [2.05, 4.69) is 4.98 Å². The summed E-state index contributed by atoms with van der Waals surface area (Å²) in [5.74, 6) is -1.64. The van der Waals surface area contributed by atoms with Gasteiger partial charge in [0, 0.05) is 6.20 Å². The molecule has 1 aromatic rings. The first kappa shape index (κ1) is 8.98. The summed E-state index contributed by atoms with van der Waals surface area (Å²) in [5.41, 5.74) is 8.91. The monoisotopic (exact) mass is 181 g/mol. The van der Waals surface area contributed by atoms with Crippen LogP contribution in [0.4, 0.5) is 0 Å². The standard InChI is InChI=1S/C7H7N3O3/c8-5(11)3-1-4(6(9)12)7(13)10-2-3/h1-2H,(H2,8,11)(H2,9,12)(H,10,13). The number of primary amides is 2. The highest BCUT2D eigenvalue weighted by molar-refractivity contribution is 5.97. The zero-order chi connectivity index (χ0) is 10.0. The Morgan fingerprint density at radius 3 is 2.31 bits per heavy atom. The van der Waals surface area contributed by atoms with Crippen molar-refractivity contribution >= 4 is 11.8 Å². The van der Waals surface area contributed by atoms with E-state index in [9.17, 15) is 14.4 Å². The van der Waals surface area contributed by atoms with E-state index in [1.165, 1.54) is 0 Å². The van der Waals surface area contributed by atoms with Gasteiger partial charge in [-0.3, -0.25) is 14.4 Å². The van der Waals surface area contributed by atoms with Crippen molar-refractivity contribution < 1.29 is 9.59 Å². The summed E-state index contributed by atoms with van der Waals surface area (Å²) in [6, 6.07) is 1.06. The zero-order valence-electron chi connectivity index (χ0n) is 6.53. The van der Waals surface area contributed by atoms with E-state index in [1.807, 2.05) is 0 Å². The van der Waals surface area contributed by atoms with Crippen LogP contribution in [0.25, 0.3) is 0 Å². The van der Waals surface area contributed by atoms with Crippen LogP contribution in [0.15, 0.2) is 17.1 Å². The number of aromatic amines is 1. The number of aromatic nitrogens is 1. The van der Waals surface area contributed by atoms with Crippen molar-refractivity contribution in [2.45, 2.75) is 0 Å².